The van der Waals surface area contributed by atoms with Gasteiger partial charge in [-0.25, -0.2) is 13.2 Å². The average molecular weight is 495 g/mol. The van der Waals surface area contributed by atoms with E-state index in [9.17, 15) is 18.0 Å². The number of ether oxygens (including phenoxy) is 1. The van der Waals surface area contributed by atoms with E-state index in [4.69, 9.17) is 4.74 Å². The van der Waals surface area contributed by atoms with Crippen LogP contribution in [0, 0.1) is 0 Å². The van der Waals surface area contributed by atoms with Crippen LogP contribution in [0.4, 0.5) is 5.69 Å². The molecular weight excluding hydrogens is 464 g/mol. The molecule has 2 aromatic rings. The molecule has 184 valence electrons. The van der Waals surface area contributed by atoms with Crippen LogP contribution in [0.25, 0.3) is 6.08 Å². The Hall–Kier alpha value is -3.39. The van der Waals surface area contributed by atoms with Crippen molar-refractivity contribution in [3.8, 4) is 0 Å². The van der Waals surface area contributed by atoms with E-state index in [1.54, 1.807) is 12.1 Å². The Morgan fingerprint density at radius 2 is 1.83 bits per heavy atom. The third-order valence-electron chi connectivity index (χ3n) is 6.22. The van der Waals surface area contributed by atoms with Crippen molar-refractivity contribution in [2.75, 3.05) is 24.0 Å². The molecule has 0 bridgehead atoms. The Kier molecular flexibility index (Phi) is 8.02. The highest BCUT2D eigenvalue weighted by atomic mass is 32.2. The second kappa shape index (κ2) is 11.4. The zero-order valence-electron chi connectivity index (χ0n) is 19.6. The van der Waals surface area contributed by atoms with Crippen molar-refractivity contribution >= 4 is 33.7 Å². The van der Waals surface area contributed by atoms with E-state index in [1.807, 2.05) is 24.3 Å². The number of carbonyl (C=O) groups is 2. The van der Waals surface area contributed by atoms with E-state index in [1.165, 1.54) is 47.0 Å². The Morgan fingerprint density at radius 1 is 1.03 bits per heavy atom. The third kappa shape index (κ3) is 6.39. The largest absolute Gasteiger partial charge is 0.452 e. The topological polar surface area (TPSA) is 92.8 Å². The molecule has 8 heteroatoms. The SMILES string of the molecule is O=C(COC(=O)C=Cc1ccc(S(=O)(=O)N2CCc3ccccc32)cc1)NCCC1=CCCCC1. The summed E-state index contributed by atoms with van der Waals surface area (Å²) in [7, 11) is -3.66. The van der Waals surface area contributed by atoms with Gasteiger partial charge in [0.25, 0.3) is 15.9 Å². The molecule has 1 N–H and O–H groups in total. The molecule has 0 radical (unpaired) electrons. The van der Waals surface area contributed by atoms with Gasteiger partial charge in [-0.3, -0.25) is 9.10 Å². The fraction of sp³-hybridized carbons (Fsp3) is 0.333. The first-order chi connectivity index (χ1) is 16.9. The van der Waals surface area contributed by atoms with E-state index in [-0.39, 0.29) is 17.4 Å². The van der Waals surface area contributed by atoms with Crippen LogP contribution in [0.5, 0.6) is 0 Å². The molecule has 35 heavy (non-hydrogen) atoms. The maximum Gasteiger partial charge on any atom is 0.331 e. The number of sulfonamides is 1. The molecule has 4 rings (SSSR count). The summed E-state index contributed by atoms with van der Waals surface area (Å²) in [5, 5.41) is 2.77. The summed E-state index contributed by atoms with van der Waals surface area (Å²) in [6, 6.07) is 13.8. The van der Waals surface area contributed by atoms with Crippen LogP contribution in [0.3, 0.4) is 0 Å². The van der Waals surface area contributed by atoms with E-state index < -0.39 is 16.0 Å². The second-order valence-corrected chi connectivity index (χ2v) is 10.5. The van der Waals surface area contributed by atoms with Crippen molar-refractivity contribution in [1.29, 1.82) is 0 Å². The van der Waals surface area contributed by atoms with Crippen LogP contribution in [0.1, 0.15) is 43.2 Å². The second-order valence-electron chi connectivity index (χ2n) is 8.67. The molecule has 1 amide bonds. The number of hydrogen-bond acceptors (Lipinski definition) is 5. The van der Waals surface area contributed by atoms with Crippen molar-refractivity contribution in [3.05, 3.63) is 77.4 Å². The average Bonchev–Trinajstić information content (AvgIpc) is 3.32. The highest BCUT2D eigenvalue weighted by molar-refractivity contribution is 7.92. The van der Waals surface area contributed by atoms with Gasteiger partial charge in [0.05, 0.1) is 10.6 Å². The first-order valence-corrected chi connectivity index (χ1v) is 13.4. The quantitative estimate of drug-likeness (QED) is 0.323. The number of allylic oxidation sites excluding steroid dienone is 1. The van der Waals surface area contributed by atoms with Crippen molar-refractivity contribution in [1.82, 2.24) is 5.32 Å². The van der Waals surface area contributed by atoms with E-state index >= 15 is 0 Å². The zero-order valence-corrected chi connectivity index (χ0v) is 20.4. The molecule has 0 atom stereocenters. The minimum atomic E-state index is -3.66. The number of anilines is 1. The van der Waals surface area contributed by atoms with Crippen LogP contribution >= 0.6 is 0 Å². The number of nitrogens with zero attached hydrogens (tertiary/aromatic N) is 1. The van der Waals surface area contributed by atoms with Crippen LogP contribution in [-0.4, -0.2) is 40.0 Å². The van der Waals surface area contributed by atoms with Gasteiger partial charge in [0.1, 0.15) is 0 Å². The molecule has 2 aromatic carbocycles. The summed E-state index contributed by atoms with van der Waals surface area (Å²) < 4.78 is 32.6. The van der Waals surface area contributed by atoms with Crippen molar-refractivity contribution in [2.24, 2.45) is 0 Å². The first kappa shape index (κ1) is 24.7. The van der Waals surface area contributed by atoms with Crippen LogP contribution < -0.4 is 9.62 Å². The number of benzene rings is 2. The van der Waals surface area contributed by atoms with Crippen molar-refractivity contribution < 1.29 is 22.7 Å². The molecule has 7 nitrogen and oxygen atoms in total. The van der Waals surface area contributed by atoms with Gasteiger partial charge in [0.2, 0.25) is 0 Å². The summed E-state index contributed by atoms with van der Waals surface area (Å²) in [6.45, 7) is 0.619. The van der Waals surface area contributed by atoms with Gasteiger partial charge in [-0.1, -0.05) is 42.0 Å². The summed E-state index contributed by atoms with van der Waals surface area (Å²) in [5.41, 5.74) is 3.76. The smallest absolute Gasteiger partial charge is 0.331 e. The first-order valence-electron chi connectivity index (χ1n) is 11.9. The molecule has 2 aliphatic rings. The molecule has 1 aliphatic heterocycles. The molecule has 0 aromatic heterocycles. The molecule has 0 unspecified atom stereocenters. The van der Waals surface area contributed by atoms with Gasteiger partial charge >= 0.3 is 5.97 Å². The van der Waals surface area contributed by atoms with E-state index in [0.717, 1.165) is 24.8 Å². The fourth-order valence-corrected chi connectivity index (χ4v) is 5.83. The Balaban J connectivity index is 1.25. The van der Waals surface area contributed by atoms with Gasteiger partial charge in [-0.15, -0.1) is 0 Å². The maximum absolute atomic E-state index is 13.1. The molecule has 1 aliphatic carbocycles. The normalized spacial score (nSPS) is 15.5. The summed E-state index contributed by atoms with van der Waals surface area (Å²) in [5.74, 6) is -0.971. The predicted molar refractivity (Wildman–Crippen MR) is 135 cm³/mol. The maximum atomic E-state index is 13.1. The van der Waals surface area contributed by atoms with Crippen LogP contribution in [0.15, 0.2) is 71.2 Å². The Labute approximate surface area is 206 Å². The third-order valence-corrected chi connectivity index (χ3v) is 8.05. The number of rotatable bonds is 9. The lowest BCUT2D eigenvalue weighted by atomic mass is 9.97. The fourth-order valence-electron chi connectivity index (χ4n) is 4.33. The molecule has 0 spiro atoms. The monoisotopic (exact) mass is 494 g/mol. The van der Waals surface area contributed by atoms with Crippen molar-refractivity contribution in [2.45, 2.75) is 43.4 Å². The van der Waals surface area contributed by atoms with Gasteiger partial charge < -0.3 is 10.1 Å². The number of fused-ring (bicyclic) bond motifs is 1. The van der Waals surface area contributed by atoms with Crippen LogP contribution in [-0.2, 0) is 30.8 Å². The number of nitrogens with one attached hydrogen (secondary N) is 1. The number of esters is 1. The highest BCUT2D eigenvalue weighted by Crippen LogP contribution is 2.32. The summed E-state index contributed by atoms with van der Waals surface area (Å²) in [4.78, 5) is 24.0. The van der Waals surface area contributed by atoms with Crippen LogP contribution in [0.2, 0.25) is 0 Å². The number of para-hydroxylation sites is 1. The minimum absolute atomic E-state index is 0.189. The van der Waals surface area contributed by atoms with Gasteiger partial charge in [-0.05, 0) is 73.9 Å². The molecule has 1 heterocycles. The van der Waals surface area contributed by atoms with Gasteiger partial charge in [0.15, 0.2) is 6.61 Å². The van der Waals surface area contributed by atoms with Crippen molar-refractivity contribution in [3.63, 3.8) is 0 Å². The summed E-state index contributed by atoms with van der Waals surface area (Å²) in [6.07, 6.45) is 11.1. The predicted octanol–water partition coefficient (Wildman–Crippen LogP) is 4.00. The molecular formula is C27H30N2O5S. The van der Waals surface area contributed by atoms with Gasteiger partial charge in [0, 0.05) is 19.2 Å². The zero-order chi connectivity index (χ0) is 24.7. The lowest BCUT2D eigenvalue weighted by Gasteiger charge is -2.19. The Bertz CT molecular complexity index is 1230. The molecule has 0 saturated carbocycles. The minimum Gasteiger partial charge on any atom is -0.452 e. The lowest BCUT2D eigenvalue weighted by Crippen LogP contribution is -2.29. The summed E-state index contributed by atoms with van der Waals surface area (Å²) >= 11 is 0. The lowest BCUT2D eigenvalue weighted by molar-refractivity contribution is -0.143. The highest BCUT2D eigenvalue weighted by Gasteiger charge is 2.30. The number of carbonyl (C=O) groups excluding carboxylic acids is 2. The Morgan fingerprint density at radius 3 is 2.60 bits per heavy atom. The van der Waals surface area contributed by atoms with E-state index in [2.05, 4.69) is 11.4 Å². The number of hydrogen-bond donors (Lipinski definition) is 1. The van der Waals surface area contributed by atoms with Gasteiger partial charge in [-0.2, -0.15) is 0 Å². The standard InChI is InChI=1S/C27H30N2O5S/c30-26(28-18-16-21-6-2-1-3-7-21)20-34-27(31)15-12-22-10-13-24(14-11-22)35(32,33)29-19-17-23-8-4-5-9-25(23)29/h4-6,8-15H,1-3,7,16-20H2,(H,28,30). The molecule has 0 saturated heterocycles. The number of amides is 1. The molecule has 0 fully saturated rings. The van der Waals surface area contributed by atoms with E-state index in [0.29, 0.717) is 30.8 Å².